The third kappa shape index (κ3) is 6.25. The lowest BCUT2D eigenvalue weighted by Crippen LogP contribution is -2.43. The summed E-state index contributed by atoms with van der Waals surface area (Å²) in [4.78, 5) is 22.7. The Morgan fingerprint density at radius 2 is 1.81 bits per heavy atom. The number of rotatable bonds is 10. The number of hydrogen-bond donors (Lipinski definition) is 0. The Labute approximate surface area is 232 Å². The number of likely N-dealkylation sites (N-methyl/N-ethyl adjacent to an activating group) is 1. The SMILES string of the molecule is CCC1CCCCN1S(=O)(=O)c1ccc(C(=O)N(CCN(CC)CC)c2nc3ccc(Br)cc3s2)cc1. The largest absolute Gasteiger partial charge is 0.302 e. The molecule has 4 rings (SSSR count). The number of halogens is 1. The summed E-state index contributed by atoms with van der Waals surface area (Å²) in [6.07, 6.45) is 3.64. The van der Waals surface area contributed by atoms with Gasteiger partial charge in [-0.3, -0.25) is 9.69 Å². The van der Waals surface area contributed by atoms with Crippen molar-refractivity contribution in [3.8, 4) is 0 Å². The molecule has 1 aliphatic heterocycles. The molecule has 2 heterocycles. The van der Waals surface area contributed by atoms with Gasteiger partial charge in [-0.1, -0.05) is 54.5 Å². The molecule has 1 amide bonds. The van der Waals surface area contributed by atoms with Crippen LogP contribution in [0.3, 0.4) is 0 Å². The number of thiazole rings is 1. The Balaban J connectivity index is 1.62. The van der Waals surface area contributed by atoms with Crippen molar-refractivity contribution in [1.29, 1.82) is 0 Å². The van der Waals surface area contributed by atoms with Gasteiger partial charge in [-0.25, -0.2) is 13.4 Å². The summed E-state index contributed by atoms with van der Waals surface area (Å²) in [6, 6.07) is 12.3. The molecule has 1 saturated heterocycles. The second-order valence-corrected chi connectivity index (χ2v) is 13.1. The zero-order chi connectivity index (χ0) is 26.6. The van der Waals surface area contributed by atoms with Gasteiger partial charge in [0, 0.05) is 35.7 Å². The molecule has 1 fully saturated rings. The zero-order valence-corrected chi connectivity index (χ0v) is 24.9. The van der Waals surface area contributed by atoms with Crippen LogP contribution in [0.5, 0.6) is 0 Å². The first-order chi connectivity index (χ1) is 17.8. The molecule has 10 heteroatoms. The maximum absolute atomic E-state index is 13.7. The molecular weight excluding hydrogens is 572 g/mol. The minimum atomic E-state index is -3.60. The third-order valence-electron chi connectivity index (χ3n) is 7.10. The Hall–Kier alpha value is -1.85. The van der Waals surface area contributed by atoms with E-state index in [0.717, 1.165) is 60.0 Å². The fourth-order valence-electron chi connectivity index (χ4n) is 4.83. The van der Waals surface area contributed by atoms with Gasteiger partial charge in [0.25, 0.3) is 5.91 Å². The Kier molecular flexibility index (Phi) is 9.39. The van der Waals surface area contributed by atoms with Gasteiger partial charge in [-0.05, 0) is 74.8 Å². The highest BCUT2D eigenvalue weighted by molar-refractivity contribution is 9.10. The monoisotopic (exact) mass is 606 g/mol. The van der Waals surface area contributed by atoms with E-state index in [-0.39, 0.29) is 16.8 Å². The molecule has 0 saturated carbocycles. The molecule has 1 atom stereocenters. The zero-order valence-electron chi connectivity index (χ0n) is 21.7. The van der Waals surface area contributed by atoms with E-state index >= 15 is 0 Å². The van der Waals surface area contributed by atoms with Gasteiger partial charge >= 0.3 is 0 Å². The molecule has 1 aliphatic rings. The van der Waals surface area contributed by atoms with Crippen molar-refractivity contribution >= 4 is 58.5 Å². The highest BCUT2D eigenvalue weighted by Crippen LogP contribution is 2.32. The number of benzene rings is 2. The molecular formula is C27H35BrN4O3S2. The van der Waals surface area contributed by atoms with Crippen molar-refractivity contribution in [3.63, 3.8) is 0 Å². The Morgan fingerprint density at radius 1 is 1.08 bits per heavy atom. The minimum Gasteiger partial charge on any atom is -0.302 e. The molecule has 37 heavy (non-hydrogen) atoms. The van der Waals surface area contributed by atoms with E-state index in [1.54, 1.807) is 33.5 Å². The number of nitrogens with zero attached hydrogens (tertiary/aromatic N) is 4. The van der Waals surface area contributed by atoms with Crippen LogP contribution in [0.4, 0.5) is 5.13 Å². The number of amides is 1. The maximum Gasteiger partial charge on any atom is 0.260 e. The number of carbonyl (C=O) groups is 1. The second kappa shape index (κ2) is 12.3. The number of carbonyl (C=O) groups excluding carboxylic acids is 1. The van der Waals surface area contributed by atoms with Crippen LogP contribution in [0.2, 0.25) is 0 Å². The number of fused-ring (bicyclic) bond motifs is 1. The number of hydrogen-bond acceptors (Lipinski definition) is 6. The first-order valence-corrected chi connectivity index (χ1v) is 16.1. The quantitative estimate of drug-likeness (QED) is 0.283. The number of piperidine rings is 1. The summed E-state index contributed by atoms with van der Waals surface area (Å²) < 4.78 is 30.4. The van der Waals surface area contributed by atoms with E-state index in [4.69, 9.17) is 4.98 Å². The molecule has 0 radical (unpaired) electrons. The predicted molar refractivity (Wildman–Crippen MR) is 155 cm³/mol. The van der Waals surface area contributed by atoms with Gasteiger partial charge < -0.3 is 4.90 Å². The van der Waals surface area contributed by atoms with E-state index in [0.29, 0.717) is 23.8 Å². The summed E-state index contributed by atoms with van der Waals surface area (Å²) in [5.41, 5.74) is 1.29. The average Bonchev–Trinajstić information content (AvgIpc) is 3.33. The second-order valence-electron chi connectivity index (χ2n) is 9.29. The maximum atomic E-state index is 13.7. The van der Waals surface area contributed by atoms with Crippen molar-refractivity contribution in [1.82, 2.24) is 14.2 Å². The third-order valence-corrected chi connectivity index (χ3v) is 10.6. The van der Waals surface area contributed by atoms with Crippen molar-refractivity contribution < 1.29 is 13.2 Å². The predicted octanol–water partition coefficient (Wildman–Crippen LogP) is 6.00. The summed E-state index contributed by atoms with van der Waals surface area (Å²) in [7, 11) is -3.60. The molecule has 3 aromatic rings. The number of anilines is 1. The Morgan fingerprint density at radius 3 is 2.49 bits per heavy atom. The van der Waals surface area contributed by atoms with E-state index in [1.807, 2.05) is 25.1 Å². The topological polar surface area (TPSA) is 73.8 Å². The van der Waals surface area contributed by atoms with Crippen LogP contribution >= 0.6 is 27.3 Å². The van der Waals surface area contributed by atoms with Crippen LogP contribution in [0.1, 0.15) is 56.8 Å². The van der Waals surface area contributed by atoms with Gasteiger partial charge in [0.1, 0.15) is 0 Å². The van der Waals surface area contributed by atoms with E-state index < -0.39 is 10.0 Å². The highest BCUT2D eigenvalue weighted by Gasteiger charge is 2.32. The lowest BCUT2D eigenvalue weighted by molar-refractivity contribution is 0.0983. The number of aromatic nitrogens is 1. The van der Waals surface area contributed by atoms with Crippen molar-refractivity contribution in [2.24, 2.45) is 0 Å². The summed E-state index contributed by atoms with van der Waals surface area (Å²) in [6.45, 7) is 9.80. The molecule has 0 aliphatic carbocycles. The molecule has 0 spiro atoms. The molecule has 7 nitrogen and oxygen atoms in total. The first kappa shape index (κ1) is 28.2. The van der Waals surface area contributed by atoms with E-state index in [2.05, 4.69) is 34.7 Å². The van der Waals surface area contributed by atoms with Crippen LogP contribution in [0.25, 0.3) is 10.2 Å². The lowest BCUT2D eigenvalue weighted by Gasteiger charge is -2.34. The molecule has 0 bridgehead atoms. The van der Waals surface area contributed by atoms with Gasteiger partial charge in [-0.2, -0.15) is 4.31 Å². The van der Waals surface area contributed by atoms with Crippen LogP contribution < -0.4 is 4.90 Å². The van der Waals surface area contributed by atoms with Gasteiger partial charge in [0.05, 0.1) is 15.1 Å². The van der Waals surface area contributed by atoms with Gasteiger partial charge in [0.2, 0.25) is 10.0 Å². The van der Waals surface area contributed by atoms with E-state index in [1.165, 1.54) is 11.3 Å². The van der Waals surface area contributed by atoms with Crippen molar-refractivity contribution in [3.05, 3.63) is 52.5 Å². The summed E-state index contributed by atoms with van der Waals surface area (Å²) in [5, 5.41) is 0.640. The van der Waals surface area contributed by atoms with Gasteiger partial charge in [-0.15, -0.1) is 0 Å². The molecule has 2 aromatic carbocycles. The van der Waals surface area contributed by atoms with Crippen LogP contribution in [0, 0.1) is 0 Å². The minimum absolute atomic E-state index is 0.0368. The molecule has 1 aromatic heterocycles. The summed E-state index contributed by atoms with van der Waals surface area (Å²) in [5.74, 6) is -0.182. The van der Waals surface area contributed by atoms with E-state index in [9.17, 15) is 13.2 Å². The van der Waals surface area contributed by atoms with Gasteiger partial charge in [0.15, 0.2) is 5.13 Å². The first-order valence-electron chi connectivity index (χ1n) is 13.0. The van der Waals surface area contributed by atoms with Crippen LogP contribution in [-0.2, 0) is 10.0 Å². The number of sulfonamides is 1. The summed E-state index contributed by atoms with van der Waals surface area (Å²) >= 11 is 4.99. The molecule has 0 N–H and O–H groups in total. The lowest BCUT2D eigenvalue weighted by atomic mass is 10.0. The normalized spacial score (nSPS) is 16.9. The molecule has 200 valence electrons. The average molecular weight is 608 g/mol. The van der Waals surface area contributed by atoms with Crippen molar-refractivity contribution in [2.75, 3.05) is 37.6 Å². The van der Waals surface area contributed by atoms with Crippen LogP contribution in [-0.4, -0.2) is 67.3 Å². The Bertz CT molecular complexity index is 1320. The van der Waals surface area contributed by atoms with Crippen molar-refractivity contribution in [2.45, 2.75) is 57.4 Å². The fraction of sp³-hybridized carbons (Fsp3) is 0.481. The van der Waals surface area contributed by atoms with Crippen LogP contribution in [0.15, 0.2) is 51.8 Å². The molecule has 1 unspecified atom stereocenters. The smallest absolute Gasteiger partial charge is 0.260 e. The standard InChI is InChI=1S/C27H35BrN4O3S2/c1-4-22-9-7-8-16-32(22)37(34,35)23-13-10-20(11-14-23)26(33)31(18-17-30(5-2)6-3)27-29-24-15-12-21(28)19-25(24)36-27/h10-15,19,22H,4-9,16-18H2,1-3H3. The highest BCUT2D eigenvalue weighted by atomic mass is 79.9. The fourth-order valence-corrected chi connectivity index (χ4v) is 8.14.